The molecule has 0 bridgehead atoms. The van der Waals surface area contributed by atoms with Gasteiger partial charge in [0.05, 0.1) is 26.0 Å². The summed E-state index contributed by atoms with van der Waals surface area (Å²) in [6.45, 7) is 9.44. The van der Waals surface area contributed by atoms with Crippen LogP contribution < -0.4 is 15.4 Å². The number of aromatic nitrogens is 2. The lowest BCUT2D eigenvalue weighted by Crippen LogP contribution is -2.39. The Bertz CT molecular complexity index is 732. The summed E-state index contributed by atoms with van der Waals surface area (Å²) >= 11 is 0. The fourth-order valence-electron chi connectivity index (χ4n) is 2.92. The second-order valence-corrected chi connectivity index (χ2v) is 6.43. The van der Waals surface area contributed by atoms with Gasteiger partial charge in [0.2, 0.25) is 5.95 Å². The van der Waals surface area contributed by atoms with Crippen LogP contribution in [0.5, 0.6) is 5.75 Å². The molecule has 0 spiro atoms. The number of ether oxygens (including phenoxy) is 2. The molecule has 0 saturated carbocycles. The minimum Gasteiger partial charge on any atom is -0.495 e. The fraction of sp³-hybridized carbons (Fsp3) is 0.474. The number of morpholine rings is 1. The molecule has 2 aromatic rings. The van der Waals surface area contributed by atoms with Crippen LogP contribution in [-0.2, 0) is 4.74 Å². The van der Waals surface area contributed by atoms with Gasteiger partial charge in [0.25, 0.3) is 0 Å². The average molecular weight is 357 g/mol. The van der Waals surface area contributed by atoms with Crippen molar-refractivity contribution < 1.29 is 9.47 Å². The molecule has 7 heteroatoms. The molecule has 0 unspecified atom stereocenters. The molecule has 2 N–H and O–H groups in total. The van der Waals surface area contributed by atoms with Gasteiger partial charge in [-0.2, -0.15) is 4.98 Å². The third kappa shape index (κ3) is 5.06. The molecule has 2 heterocycles. The Morgan fingerprint density at radius 2 is 1.96 bits per heavy atom. The largest absolute Gasteiger partial charge is 0.495 e. The zero-order valence-corrected chi connectivity index (χ0v) is 15.7. The van der Waals surface area contributed by atoms with Crippen molar-refractivity contribution in [3.8, 4) is 5.75 Å². The zero-order valence-electron chi connectivity index (χ0n) is 15.7. The van der Waals surface area contributed by atoms with E-state index in [-0.39, 0.29) is 0 Å². The first kappa shape index (κ1) is 18.4. The van der Waals surface area contributed by atoms with E-state index >= 15 is 0 Å². The molecule has 0 atom stereocenters. The summed E-state index contributed by atoms with van der Waals surface area (Å²) in [7, 11) is 1.66. The van der Waals surface area contributed by atoms with Crippen LogP contribution in [0.3, 0.4) is 0 Å². The van der Waals surface area contributed by atoms with Crippen molar-refractivity contribution in [2.24, 2.45) is 0 Å². The molecule has 26 heavy (non-hydrogen) atoms. The maximum absolute atomic E-state index is 5.42. The lowest BCUT2D eigenvalue weighted by molar-refractivity contribution is 0.0398. The van der Waals surface area contributed by atoms with Crippen LogP contribution in [0, 0.1) is 13.8 Å². The number of benzene rings is 1. The minimum absolute atomic E-state index is 0.558. The molecule has 0 radical (unpaired) electrons. The van der Waals surface area contributed by atoms with Gasteiger partial charge in [0.15, 0.2) is 0 Å². The van der Waals surface area contributed by atoms with Gasteiger partial charge in [-0.3, -0.25) is 4.90 Å². The van der Waals surface area contributed by atoms with Crippen molar-refractivity contribution in [1.82, 2.24) is 14.9 Å². The van der Waals surface area contributed by atoms with E-state index in [1.807, 2.05) is 38.1 Å². The van der Waals surface area contributed by atoms with Crippen LogP contribution in [0.25, 0.3) is 0 Å². The molecular formula is C19H27N5O2. The van der Waals surface area contributed by atoms with Crippen molar-refractivity contribution in [3.63, 3.8) is 0 Å². The van der Waals surface area contributed by atoms with Crippen LogP contribution in [-0.4, -0.2) is 61.4 Å². The van der Waals surface area contributed by atoms with Crippen molar-refractivity contribution >= 4 is 17.5 Å². The van der Waals surface area contributed by atoms with Gasteiger partial charge in [-0.05, 0) is 31.5 Å². The van der Waals surface area contributed by atoms with E-state index in [9.17, 15) is 0 Å². The third-order valence-electron chi connectivity index (χ3n) is 4.29. The van der Waals surface area contributed by atoms with Crippen LogP contribution in [0.4, 0.5) is 17.5 Å². The van der Waals surface area contributed by atoms with E-state index in [0.717, 1.165) is 67.9 Å². The Hall–Kier alpha value is -2.38. The number of methoxy groups -OCH3 is 1. The molecule has 1 aromatic heterocycles. The number of aryl methyl sites for hydroxylation is 2. The third-order valence-corrected chi connectivity index (χ3v) is 4.29. The second-order valence-electron chi connectivity index (χ2n) is 6.43. The van der Waals surface area contributed by atoms with E-state index in [1.165, 1.54) is 0 Å². The van der Waals surface area contributed by atoms with Crippen LogP contribution in [0.2, 0.25) is 0 Å². The summed E-state index contributed by atoms with van der Waals surface area (Å²) in [6, 6.07) is 7.93. The number of anilines is 3. The number of hydrogen-bond acceptors (Lipinski definition) is 7. The van der Waals surface area contributed by atoms with Gasteiger partial charge in [-0.15, -0.1) is 0 Å². The van der Waals surface area contributed by atoms with Gasteiger partial charge in [-0.1, -0.05) is 6.07 Å². The molecule has 1 aromatic carbocycles. The molecule has 1 saturated heterocycles. The van der Waals surface area contributed by atoms with Gasteiger partial charge in [0.1, 0.15) is 11.6 Å². The van der Waals surface area contributed by atoms with Crippen LogP contribution in [0.1, 0.15) is 11.3 Å². The van der Waals surface area contributed by atoms with Crippen molar-refractivity contribution in [2.75, 3.05) is 57.1 Å². The maximum Gasteiger partial charge on any atom is 0.229 e. The first-order valence-corrected chi connectivity index (χ1v) is 8.95. The number of rotatable bonds is 7. The fourth-order valence-corrected chi connectivity index (χ4v) is 2.92. The van der Waals surface area contributed by atoms with E-state index in [1.54, 1.807) is 7.11 Å². The number of nitrogens with zero attached hydrogens (tertiary/aromatic N) is 3. The smallest absolute Gasteiger partial charge is 0.229 e. The summed E-state index contributed by atoms with van der Waals surface area (Å²) in [5.74, 6) is 2.14. The van der Waals surface area contributed by atoms with Gasteiger partial charge in [0, 0.05) is 37.9 Å². The maximum atomic E-state index is 5.42. The summed E-state index contributed by atoms with van der Waals surface area (Å²) in [4.78, 5) is 11.5. The molecule has 1 aliphatic heterocycles. The van der Waals surface area contributed by atoms with Crippen molar-refractivity contribution in [3.05, 3.63) is 35.5 Å². The van der Waals surface area contributed by atoms with Crippen LogP contribution >= 0.6 is 0 Å². The molecule has 140 valence electrons. The highest BCUT2D eigenvalue weighted by atomic mass is 16.5. The Morgan fingerprint density at radius 3 is 2.73 bits per heavy atom. The highest BCUT2D eigenvalue weighted by molar-refractivity contribution is 5.64. The minimum atomic E-state index is 0.558. The summed E-state index contributed by atoms with van der Waals surface area (Å²) in [6.07, 6.45) is 0. The second kappa shape index (κ2) is 8.82. The lowest BCUT2D eigenvalue weighted by Gasteiger charge is -2.26. The molecular weight excluding hydrogens is 330 g/mol. The molecule has 1 aliphatic rings. The molecule has 7 nitrogen and oxygen atoms in total. The number of hydrogen-bond donors (Lipinski definition) is 2. The van der Waals surface area contributed by atoms with Gasteiger partial charge < -0.3 is 20.1 Å². The summed E-state index contributed by atoms with van der Waals surface area (Å²) < 4.78 is 10.8. The zero-order chi connectivity index (χ0) is 18.4. The highest BCUT2D eigenvalue weighted by Crippen LogP contribution is 2.27. The van der Waals surface area contributed by atoms with E-state index in [4.69, 9.17) is 9.47 Å². The van der Waals surface area contributed by atoms with Gasteiger partial charge in [-0.25, -0.2) is 4.98 Å². The van der Waals surface area contributed by atoms with E-state index < -0.39 is 0 Å². The standard InChI is InChI=1S/C19H27N5O2/c1-14-4-5-17(25-3)16(12-14)22-19-21-15(2)13-18(23-19)20-6-7-24-8-10-26-11-9-24/h4-5,12-13H,6-11H2,1-3H3,(H2,20,21,22,23). The molecule has 0 amide bonds. The molecule has 0 aliphatic carbocycles. The Labute approximate surface area is 154 Å². The van der Waals surface area contributed by atoms with Crippen molar-refractivity contribution in [2.45, 2.75) is 13.8 Å². The topological polar surface area (TPSA) is 71.5 Å². The number of nitrogens with one attached hydrogen (secondary N) is 2. The van der Waals surface area contributed by atoms with Crippen LogP contribution in [0.15, 0.2) is 24.3 Å². The first-order chi connectivity index (χ1) is 12.6. The Kier molecular flexibility index (Phi) is 6.25. The predicted octanol–water partition coefficient (Wildman–Crippen LogP) is 2.59. The van der Waals surface area contributed by atoms with E-state index in [0.29, 0.717) is 5.95 Å². The van der Waals surface area contributed by atoms with Crippen molar-refractivity contribution in [1.29, 1.82) is 0 Å². The first-order valence-electron chi connectivity index (χ1n) is 8.95. The van der Waals surface area contributed by atoms with E-state index in [2.05, 4.69) is 25.5 Å². The Balaban J connectivity index is 1.64. The quantitative estimate of drug-likeness (QED) is 0.789. The summed E-state index contributed by atoms with van der Waals surface area (Å²) in [5.41, 5.74) is 2.91. The normalized spacial score (nSPS) is 14.9. The van der Waals surface area contributed by atoms with Gasteiger partial charge >= 0.3 is 0 Å². The molecule has 3 rings (SSSR count). The lowest BCUT2D eigenvalue weighted by atomic mass is 10.2. The summed E-state index contributed by atoms with van der Waals surface area (Å²) in [5, 5.41) is 6.67. The SMILES string of the molecule is COc1ccc(C)cc1Nc1nc(C)cc(NCCN2CCOCC2)n1. The monoisotopic (exact) mass is 357 g/mol. The average Bonchev–Trinajstić information content (AvgIpc) is 2.62. The predicted molar refractivity (Wildman–Crippen MR) is 104 cm³/mol. The molecule has 1 fully saturated rings. The Morgan fingerprint density at radius 1 is 1.15 bits per heavy atom. The highest BCUT2D eigenvalue weighted by Gasteiger charge is 2.10.